The molecular formula is C10H13N3OS. The van der Waals surface area contributed by atoms with Crippen molar-refractivity contribution in [1.29, 1.82) is 0 Å². The summed E-state index contributed by atoms with van der Waals surface area (Å²) >= 11 is 1.68. The number of rotatable bonds is 4. The van der Waals surface area contributed by atoms with Gasteiger partial charge in [0, 0.05) is 24.0 Å². The Labute approximate surface area is 92.2 Å². The Morgan fingerprint density at radius 2 is 2.40 bits per heavy atom. The predicted molar refractivity (Wildman–Crippen MR) is 58.7 cm³/mol. The summed E-state index contributed by atoms with van der Waals surface area (Å²) in [5.74, 6) is 0. The molecule has 0 spiro atoms. The van der Waals surface area contributed by atoms with Crippen molar-refractivity contribution < 1.29 is 5.11 Å². The molecule has 2 aromatic heterocycles. The maximum absolute atomic E-state index is 9.03. The molecule has 0 aromatic carbocycles. The Morgan fingerprint density at radius 1 is 1.53 bits per heavy atom. The molecule has 2 rings (SSSR count). The molecule has 0 amide bonds. The number of thiazole rings is 1. The Morgan fingerprint density at radius 3 is 3.07 bits per heavy atom. The van der Waals surface area contributed by atoms with Crippen LogP contribution in [0.3, 0.4) is 0 Å². The van der Waals surface area contributed by atoms with Gasteiger partial charge in [-0.05, 0) is 6.92 Å². The van der Waals surface area contributed by atoms with Gasteiger partial charge >= 0.3 is 0 Å². The van der Waals surface area contributed by atoms with Gasteiger partial charge in [0.05, 0.1) is 29.8 Å². The fourth-order valence-electron chi connectivity index (χ4n) is 1.41. The minimum absolute atomic E-state index is 0.0386. The number of aryl methyl sites for hydroxylation is 3. The first kappa shape index (κ1) is 10.3. The molecule has 0 bridgehead atoms. The van der Waals surface area contributed by atoms with Crippen molar-refractivity contribution in [3.05, 3.63) is 34.3 Å². The zero-order valence-electron chi connectivity index (χ0n) is 8.55. The van der Waals surface area contributed by atoms with E-state index in [4.69, 9.17) is 5.11 Å². The molecule has 1 N–H and O–H groups in total. The largest absolute Gasteiger partial charge is 0.390 e. The molecule has 0 unspecified atom stereocenters. The van der Waals surface area contributed by atoms with Crippen molar-refractivity contribution in [3.8, 4) is 0 Å². The third-order valence-corrected chi connectivity index (χ3v) is 3.22. The van der Waals surface area contributed by atoms with E-state index in [9.17, 15) is 0 Å². The second-order valence-corrected chi connectivity index (χ2v) is 4.31. The summed E-state index contributed by atoms with van der Waals surface area (Å²) in [4.78, 5) is 8.38. The summed E-state index contributed by atoms with van der Waals surface area (Å²) in [7, 11) is 0. The summed E-state index contributed by atoms with van der Waals surface area (Å²) in [5, 5.41) is 12.2. The van der Waals surface area contributed by atoms with Crippen molar-refractivity contribution in [1.82, 2.24) is 14.5 Å². The molecule has 0 radical (unpaired) electrons. The number of aliphatic hydroxyl groups excluding tert-OH is 1. The van der Waals surface area contributed by atoms with Crippen LogP contribution in [0.25, 0.3) is 0 Å². The fraction of sp³-hybridized carbons (Fsp3) is 0.400. The number of imidazole rings is 1. The van der Waals surface area contributed by atoms with Crippen LogP contribution in [0.1, 0.15) is 16.4 Å². The first-order chi connectivity index (χ1) is 7.29. The minimum atomic E-state index is 0.0386. The molecule has 0 saturated carbocycles. The van der Waals surface area contributed by atoms with Gasteiger partial charge in [-0.3, -0.25) is 0 Å². The standard InChI is InChI=1S/C10H13N3OS/c1-8-6-15-10(12-8)2-3-13-7-11-4-9(13)5-14/h4,6-7,14H,2-3,5H2,1H3. The van der Waals surface area contributed by atoms with Crippen molar-refractivity contribution in [3.63, 3.8) is 0 Å². The quantitative estimate of drug-likeness (QED) is 0.852. The lowest BCUT2D eigenvalue weighted by Gasteiger charge is -2.03. The number of aromatic nitrogens is 3. The Hall–Kier alpha value is -1.20. The molecule has 2 aromatic rings. The molecule has 0 aliphatic rings. The topological polar surface area (TPSA) is 50.9 Å². The predicted octanol–water partition coefficient (Wildman–Crippen LogP) is 1.38. The van der Waals surface area contributed by atoms with Gasteiger partial charge in [0.1, 0.15) is 0 Å². The van der Waals surface area contributed by atoms with E-state index < -0.39 is 0 Å². The monoisotopic (exact) mass is 223 g/mol. The van der Waals surface area contributed by atoms with E-state index in [0.29, 0.717) is 0 Å². The number of aliphatic hydroxyl groups is 1. The highest BCUT2D eigenvalue weighted by molar-refractivity contribution is 7.09. The van der Waals surface area contributed by atoms with Crippen molar-refractivity contribution in [2.75, 3.05) is 0 Å². The molecule has 0 fully saturated rings. The first-order valence-corrected chi connectivity index (χ1v) is 5.68. The van der Waals surface area contributed by atoms with Crippen molar-refractivity contribution >= 4 is 11.3 Å². The van der Waals surface area contributed by atoms with Crippen LogP contribution in [-0.2, 0) is 19.6 Å². The van der Waals surface area contributed by atoms with E-state index in [1.165, 1.54) is 0 Å². The van der Waals surface area contributed by atoms with E-state index in [-0.39, 0.29) is 6.61 Å². The minimum Gasteiger partial charge on any atom is -0.390 e. The Balaban J connectivity index is 1.98. The molecule has 0 atom stereocenters. The highest BCUT2D eigenvalue weighted by Gasteiger charge is 2.02. The molecule has 0 saturated heterocycles. The fourth-order valence-corrected chi connectivity index (χ4v) is 2.18. The summed E-state index contributed by atoms with van der Waals surface area (Å²) in [6.07, 6.45) is 4.32. The van der Waals surface area contributed by atoms with Gasteiger partial charge in [0.25, 0.3) is 0 Å². The number of nitrogens with zero attached hydrogens (tertiary/aromatic N) is 3. The van der Waals surface area contributed by atoms with E-state index in [2.05, 4.69) is 15.3 Å². The van der Waals surface area contributed by atoms with Crippen LogP contribution in [0.5, 0.6) is 0 Å². The second kappa shape index (κ2) is 4.55. The maximum atomic E-state index is 9.03. The summed E-state index contributed by atoms with van der Waals surface area (Å²) in [6.45, 7) is 2.86. The van der Waals surface area contributed by atoms with Gasteiger partial charge < -0.3 is 9.67 Å². The van der Waals surface area contributed by atoms with Crippen LogP contribution < -0.4 is 0 Å². The lowest BCUT2D eigenvalue weighted by Crippen LogP contribution is -2.04. The molecule has 0 aliphatic heterocycles. The maximum Gasteiger partial charge on any atom is 0.0948 e. The molecule has 80 valence electrons. The summed E-state index contributed by atoms with van der Waals surface area (Å²) in [6, 6.07) is 0. The second-order valence-electron chi connectivity index (χ2n) is 3.37. The summed E-state index contributed by atoms with van der Waals surface area (Å²) in [5.41, 5.74) is 1.92. The van der Waals surface area contributed by atoms with Gasteiger partial charge in [-0.15, -0.1) is 11.3 Å². The normalized spacial score (nSPS) is 10.8. The third-order valence-electron chi connectivity index (χ3n) is 2.19. The van der Waals surface area contributed by atoms with Gasteiger partial charge in [0.2, 0.25) is 0 Å². The lowest BCUT2D eigenvalue weighted by atomic mass is 10.4. The van der Waals surface area contributed by atoms with E-state index in [1.807, 2.05) is 11.5 Å². The molecule has 15 heavy (non-hydrogen) atoms. The van der Waals surface area contributed by atoms with Crippen LogP contribution >= 0.6 is 11.3 Å². The highest BCUT2D eigenvalue weighted by atomic mass is 32.1. The average Bonchev–Trinajstić information content (AvgIpc) is 2.83. The highest BCUT2D eigenvalue weighted by Crippen LogP contribution is 2.10. The Kier molecular flexibility index (Phi) is 3.13. The van der Waals surface area contributed by atoms with Crippen molar-refractivity contribution in [2.45, 2.75) is 26.5 Å². The third kappa shape index (κ3) is 2.43. The van der Waals surface area contributed by atoms with Gasteiger partial charge in [-0.1, -0.05) is 0 Å². The van der Waals surface area contributed by atoms with Crippen LogP contribution in [-0.4, -0.2) is 19.6 Å². The Bertz CT molecular complexity index is 435. The zero-order valence-corrected chi connectivity index (χ0v) is 9.37. The van der Waals surface area contributed by atoms with Crippen molar-refractivity contribution in [2.24, 2.45) is 0 Å². The smallest absolute Gasteiger partial charge is 0.0948 e. The number of hydrogen-bond donors (Lipinski definition) is 1. The lowest BCUT2D eigenvalue weighted by molar-refractivity contribution is 0.270. The van der Waals surface area contributed by atoms with Crippen LogP contribution in [0.4, 0.5) is 0 Å². The van der Waals surface area contributed by atoms with E-state index in [0.717, 1.165) is 29.4 Å². The van der Waals surface area contributed by atoms with Crippen LogP contribution in [0.2, 0.25) is 0 Å². The SMILES string of the molecule is Cc1csc(CCn2cncc2CO)n1. The molecule has 2 heterocycles. The first-order valence-electron chi connectivity index (χ1n) is 4.80. The molecular weight excluding hydrogens is 210 g/mol. The molecule has 5 heteroatoms. The van der Waals surface area contributed by atoms with E-state index in [1.54, 1.807) is 23.9 Å². The average molecular weight is 223 g/mol. The zero-order chi connectivity index (χ0) is 10.7. The van der Waals surface area contributed by atoms with Gasteiger partial charge in [-0.25, -0.2) is 9.97 Å². The molecule has 4 nitrogen and oxygen atoms in total. The molecule has 0 aliphatic carbocycles. The van der Waals surface area contributed by atoms with Gasteiger partial charge in [0.15, 0.2) is 0 Å². The number of hydrogen-bond acceptors (Lipinski definition) is 4. The summed E-state index contributed by atoms with van der Waals surface area (Å²) < 4.78 is 1.96. The van der Waals surface area contributed by atoms with Crippen LogP contribution in [0.15, 0.2) is 17.9 Å². The van der Waals surface area contributed by atoms with Crippen LogP contribution in [0, 0.1) is 6.92 Å². The van der Waals surface area contributed by atoms with Gasteiger partial charge in [-0.2, -0.15) is 0 Å². The van der Waals surface area contributed by atoms with E-state index >= 15 is 0 Å².